The zero-order valence-electron chi connectivity index (χ0n) is 12.2. The van der Waals surface area contributed by atoms with Crippen LogP contribution in [0.2, 0.25) is 0 Å². The monoisotopic (exact) mass is 289 g/mol. The number of carbonyl (C=O) groups is 1. The molecule has 21 heavy (non-hydrogen) atoms. The Morgan fingerprint density at radius 2 is 2.14 bits per heavy atom. The van der Waals surface area contributed by atoms with Gasteiger partial charge in [0.25, 0.3) is 5.91 Å². The van der Waals surface area contributed by atoms with E-state index in [0.29, 0.717) is 12.0 Å². The van der Waals surface area contributed by atoms with Crippen molar-refractivity contribution in [2.75, 3.05) is 6.61 Å². The van der Waals surface area contributed by atoms with Gasteiger partial charge in [-0.15, -0.1) is 0 Å². The van der Waals surface area contributed by atoms with Crippen LogP contribution < -0.4 is 5.32 Å². The van der Waals surface area contributed by atoms with Crippen LogP contribution in [0.3, 0.4) is 0 Å². The van der Waals surface area contributed by atoms with E-state index in [9.17, 15) is 9.18 Å². The van der Waals surface area contributed by atoms with Crippen LogP contribution in [0.15, 0.2) is 18.2 Å². The zero-order valence-corrected chi connectivity index (χ0v) is 12.2. The molecule has 1 aliphatic rings. The summed E-state index contributed by atoms with van der Waals surface area (Å²) in [5.41, 5.74) is 0.368. The Labute approximate surface area is 124 Å². The maximum Gasteiger partial charge on any atom is 0.254 e. The minimum absolute atomic E-state index is 0.0140. The molecule has 1 saturated carbocycles. The van der Waals surface area contributed by atoms with E-state index in [-0.39, 0.29) is 23.6 Å². The van der Waals surface area contributed by atoms with Crippen LogP contribution in [0.4, 0.5) is 4.39 Å². The number of hydrogen-bond donors (Lipinski definition) is 2. The Bertz CT molecular complexity index is 580. The Hall–Kier alpha value is -1.86. The number of rotatable bonds is 3. The Morgan fingerprint density at radius 1 is 1.43 bits per heavy atom. The van der Waals surface area contributed by atoms with Gasteiger partial charge in [-0.25, -0.2) is 4.39 Å². The van der Waals surface area contributed by atoms with E-state index in [1.54, 1.807) is 0 Å². The summed E-state index contributed by atoms with van der Waals surface area (Å²) >= 11 is 0. The van der Waals surface area contributed by atoms with E-state index in [4.69, 9.17) is 5.11 Å². The van der Waals surface area contributed by atoms with Gasteiger partial charge >= 0.3 is 0 Å². The number of aliphatic hydroxyl groups excluding tert-OH is 1. The van der Waals surface area contributed by atoms with Gasteiger partial charge in [-0.05, 0) is 38.0 Å². The summed E-state index contributed by atoms with van der Waals surface area (Å²) in [5.74, 6) is 4.65. The van der Waals surface area contributed by atoms with Crippen molar-refractivity contribution in [2.24, 2.45) is 0 Å². The lowest BCUT2D eigenvalue weighted by atomic mass is 9.99. The first-order valence-corrected chi connectivity index (χ1v) is 7.26. The van der Waals surface area contributed by atoms with E-state index in [0.717, 1.165) is 25.7 Å². The molecule has 0 bridgehead atoms. The van der Waals surface area contributed by atoms with Gasteiger partial charge in [-0.1, -0.05) is 24.7 Å². The number of benzene rings is 1. The number of amides is 1. The van der Waals surface area contributed by atoms with Crippen molar-refractivity contribution in [1.29, 1.82) is 0 Å². The zero-order chi connectivity index (χ0) is 15.3. The average molecular weight is 289 g/mol. The highest BCUT2D eigenvalue weighted by atomic mass is 19.1. The van der Waals surface area contributed by atoms with Crippen LogP contribution in [0.5, 0.6) is 0 Å². The van der Waals surface area contributed by atoms with Crippen molar-refractivity contribution in [3.8, 4) is 11.8 Å². The van der Waals surface area contributed by atoms with Gasteiger partial charge < -0.3 is 10.4 Å². The first-order valence-electron chi connectivity index (χ1n) is 7.26. The van der Waals surface area contributed by atoms with E-state index in [1.807, 2.05) is 6.92 Å². The summed E-state index contributed by atoms with van der Waals surface area (Å²) in [6, 6.07) is 4.26. The predicted molar refractivity (Wildman–Crippen MR) is 79.3 cm³/mol. The van der Waals surface area contributed by atoms with Crippen LogP contribution in [0.1, 0.15) is 54.9 Å². The van der Waals surface area contributed by atoms with Gasteiger partial charge in [-0.2, -0.15) is 0 Å². The average Bonchev–Trinajstić information content (AvgIpc) is 2.87. The molecule has 0 unspecified atom stereocenters. The Morgan fingerprint density at radius 3 is 2.81 bits per heavy atom. The quantitative estimate of drug-likeness (QED) is 0.840. The predicted octanol–water partition coefficient (Wildman–Crippen LogP) is 2.62. The molecule has 3 nitrogen and oxygen atoms in total. The van der Waals surface area contributed by atoms with Crippen molar-refractivity contribution in [2.45, 2.75) is 44.6 Å². The molecule has 0 aromatic heterocycles. The summed E-state index contributed by atoms with van der Waals surface area (Å²) in [4.78, 5) is 12.3. The highest BCUT2D eigenvalue weighted by molar-refractivity contribution is 5.95. The fourth-order valence-corrected chi connectivity index (χ4v) is 2.62. The van der Waals surface area contributed by atoms with E-state index in [1.165, 1.54) is 18.2 Å². The lowest BCUT2D eigenvalue weighted by Crippen LogP contribution is -2.43. The van der Waals surface area contributed by atoms with Crippen LogP contribution in [0, 0.1) is 17.7 Å². The van der Waals surface area contributed by atoms with E-state index < -0.39 is 5.82 Å². The second kappa shape index (κ2) is 6.73. The van der Waals surface area contributed by atoms with Crippen LogP contribution in [0.25, 0.3) is 0 Å². The molecule has 1 fully saturated rings. The molecule has 0 aliphatic heterocycles. The molecule has 1 aliphatic carbocycles. The third-order valence-electron chi connectivity index (χ3n) is 3.80. The maximum absolute atomic E-state index is 13.9. The summed E-state index contributed by atoms with van der Waals surface area (Å²) in [6.45, 7) is 1.99. The Balaban J connectivity index is 2.16. The van der Waals surface area contributed by atoms with Gasteiger partial charge in [0.05, 0.1) is 12.2 Å². The molecule has 0 radical (unpaired) electrons. The highest BCUT2D eigenvalue weighted by Gasteiger charge is 2.31. The lowest BCUT2D eigenvalue weighted by molar-refractivity contribution is 0.0904. The summed E-state index contributed by atoms with van der Waals surface area (Å²) in [5, 5.41) is 11.6. The minimum atomic E-state index is -0.540. The number of nitrogens with one attached hydrogen (secondary N) is 1. The second-order valence-electron chi connectivity index (χ2n) is 5.69. The minimum Gasteiger partial charge on any atom is -0.395 e. The number of hydrogen-bond acceptors (Lipinski definition) is 2. The summed E-state index contributed by atoms with van der Waals surface area (Å²) < 4.78 is 13.9. The molecule has 1 aromatic carbocycles. The standard InChI is InChI=1S/C17H20FNO2/c1-17(9-3-4-10-17)19-16(21)14-12-13(6-2-5-11-20)7-8-15(14)18/h7-8,12,20H,3-5,9-11H2,1H3,(H,19,21). The lowest BCUT2D eigenvalue weighted by Gasteiger charge is -2.25. The molecule has 0 saturated heterocycles. The number of carbonyl (C=O) groups excluding carboxylic acids is 1. The van der Waals surface area contributed by atoms with E-state index >= 15 is 0 Å². The Kier molecular flexibility index (Phi) is 4.98. The van der Waals surface area contributed by atoms with E-state index in [2.05, 4.69) is 17.2 Å². The van der Waals surface area contributed by atoms with Gasteiger partial charge in [0.15, 0.2) is 0 Å². The summed E-state index contributed by atoms with van der Waals surface area (Å²) in [7, 11) is 0. The normalized spacial score (nSPS) is 16.1. The van der Waals surface area contributed by atoms with Gasteiger partial charge in [0, 0.05) is 17.5 Å². The van der Waals surface area contributed by atoms with Crippen molar-refractivity contribution < 1.29 is 14.3 Å². The molecule has 2 N–H and O–H groups in total. The molecule has 2 rings (SSSR count). The van der Waals surface area contributed by atoms with Gasteiger partial charge in [-0.3, -0.25) is 4.79 Å². The van der Waals surface area contributed by atoms with Gasteiger partial charge in [0.1, 0.15) is 5.82 Å². The molecule has 1 aromatic rings. The molecular weight excluding hydrogens is 269 g/mol. The van der Waals surface area contributed by atoms with Crippen molar-refractivity contribution in [3.63, 3.8) is 0 Å². The molecule has 0 atom stereocenters. The summed E-state index contributed by atoms with van der Waals surface area (Å²) in [6.07, 6.45) is 4.39. The molecule has 0 spiro atoms. The number of aliphatic hydroxyl groups is 1. The van der Waals surface area contributed by atoms with Crippen molar-refractivity contribution in [1.82, 2.24) is 5.32 Å². The molecule has 112 valence electrons. The third kappa shape index (κ3) is 4.05. The third-order valence-corrected chi connectivity index (χ3v) is 3.80. The smallest absolute Gasteiger partial charge is 0.254 e. The first kappa shape index (κ1) is 15.5. The number of halogens is 1. The fourth-order valence-electron chi connectivity index (χ4n) is 2.62. The van der Waals surface area contributed by atoms with Gasteiger partial charge in [0.2, 0.25) is 0 Å². The van der Waals surface area contributed by atoms with Crippen molar-refractivity contribution in [3.05, 3.63) is 35.1 Å². The van der Waals surface area contributed by atoms with Crippen LogP contribution in [-0.2, 0) is 0 Å². The van der Waals surface area contributed by atoms with Crippen LogP contribution in [-0.4, -0.2) is 23.2 Å². The maximum atomic E-state index is 13.9. The molecule has 0 heterocycles. The first-order chi connectivity index (χ1) is 10.0. The second-order valence-corrected chi connectivity index (χ2v) is 5.69. The largest absolute Gasteiger partial charge is 0.395 e. The topological polar surface area (TPSA) is 49.3 Å². The highest BCUT2D eigenvalue weighted by Crippen LogP contribution is 2.29. The van der Waals surface area contributed by atoms with Crippen molar-refractivity contribution >= 4 is 5.91 Å². The SMILES string of the molecule is CC1(NC(=O)c2cc(C#CCCO)ccc2F)CCCC1. The molecular formula is C17H20FNO2. The molecule has 1 amide bonds. The fraction of sp³-hybridized carbons (Fsp3) is 0.471. The molecule has 4 heteroatoms. The van der Waals surface area contributed by atoms with Crippen LogP contribution >= 0.6 is 0 Å².